The molecular formula is C15H19NO2. The van der Waals surface area contributed by atoms with E-state index in [1.807, 2.05) is 18.2 Å². The molecule has 96 valence electrons. The Morgan fingerprint density at radius 2 is 2.28 bits per heavy atom. The summed E-state index contributed by atoms with van der Waals surface area (Å²) in [5.41, 5.74) is 0.836. The minimum Gasteiger partial charge on any atom is -0.355 e. The highest BCUT2D eigenvalue weighted by Crippen LogP contribution is 2.18. The van der Waals surface area contributed by atoms with E-state index in [1.165, 1.54) is 18.1 Å². The third-order valence-electron chi connectivity index (χ3n) is 3.52. The molecule has 0 N–H and O–H groups in total. The summed E-state index contributed by atoms with van der Waals surface area (Å²) in [4.78, 5) is 0. The summed E-state index contributed by atoms with van der Waals surface area (Å²) in [6.45, 7) is 5.70. The number of hydrogen-bond acceptors (Lipinski definition) is 3. The fourth-order valence-electron chi connectivity index (χ4n) is 2.20. The predicted octanol–water partition coefficient (Wildman–Crippen LogP) is 2.95. The molecule has 3 rings (SSSR count). The van der Waals surface area contributed by atoms with E-state index >= 15 is 0 Å². The highest BCUT2D eigenvalue weighted by Gasteiger charge is 2.20. The lowest BCUT2D eigenvalue weighted by Gasteiger charge is -2.28. The van der Waals surface area contributed by atoms with Gasteiger partial charge in [0.05, 0.1) is 24.3 Å². The van der Waals surface area contributed by atoms with Crippen LogP contribution < -0.4 is 0 Å². The monoisotopic (exact) mass is 245 g/mol. The quantitative estimate of drug-likeness (QED) is 0.817. The second-order valence-corrected chi connectivity index (χ2v) is 4.78. The van der Waals surface area contributed by atoms with Crippen molar-refractivity contribution in [3.05, 3.63) is 34.2 Å². The lowest BCUT2D eigenvalue weighted by atomic mass is 9.99. The molecule has 0 bridgehead atoms. The van der Waals surface area contributed by atoms with Crippen LogP contribution in [0.1, 0.15) is 32.3 Å². The molecule has 0 amide bonds. The van der Waals surface area contributed by atoms with Crippen molar-refractivity contribution in [2.45, 2.75) is 32.8 Å². The molecule has 2 unspecified atom stereocenters. The van der Waals surface area contributed by atoms with E-state index in [0.29, 0.717) is 18.8 Å². The van der Waals surface area contributed by atoms with Gasteiger partial charge in [0, 0.05) is 5.92 Å². The largest absolute Gasteiger partial charge is 0.355 e. The predicted molar refractivity (Wildman–Crippen MR) is 68.6 cm³/mol. The van der Waals surface area contributed by atoms with Crippen LogP contribution in [0.3, 0.4) is 0 Å². The smallest absolute Gasteiger partial charge is 0.147 e. The van der Waals surface area contributed by atoms with Crippen LogP contribution in [-0.2, 0) is 9.47 Å². The lowest BCUT2D eigenvalue weighted by molar-refractivity contribution is -0.164. The number of rotatable bonds is 2. The van der Waals surface area contributed by atoms with Crippen LogP contribution in [0.4, 0.5) is 0 Å². The van der Waals surface area contributed by atoms with Gasteiger partial charge in [-0.2, -0.15) is 5.26 Å². The first-order valence-corrected chi connectivity index (χ1v) is 6.50. The Bertz CT molecular complexity index is 530. The Morgan fingerprint density at radius 3 is 2.67 bits per heavy atom. The molecule has 3 nitrogen and oxygen atoms in total. The summed E-state index contributed by atoms with van der Waals surface area (Å²) in [5, 5.41) is 10.7. The van der Waals surface area contributed by atoms with Gasteiger partial charge in [-0.1, -0.05) is 25.5 Å². The van der Waals surface area contributed by atoms with Gasteiger partial charge in [-0.15, -0.1) is 0 Å². The molecule has 1 saturated heterocycles. The normalized spacial score (nSPS) is 23.6. The van der Waals surface area contributed by atoms with Crippen molar-refractivity contribution >= 4 is 0 Å². The second-order valence-electron chi connectivity index (χ2n) is 4.78. The Labute approximate surface area is 108 Å². The van der Waals surface area contributed by atoms with E-state index in [-0.39, 0.29) is 0 Å². The summed E-state index contributed by atoms with van der Waals surface area (Å²) in [5.74, 6) is 0.624. The molecule has 0 spiro atoms. The van der Waals surface area contributed by atoms with E-state index < -0.39 is 0 Å². The van der Waals surface area contributed by atoms with Gasteiger partial charge >= 0.3 is 0 Å². The van der Waals surface area contributed by atoms with Crippen molar-refractivity contribution in [1.82, 2.24) is 0 Å². The van der Waals surface area contributed by atoms with Crippen LogP contribution in [0.5, 0.6) is 0 Å². The molecule has 1 fully saturated rings. The number of benzene rings is 1. The molecule has 0 radical (unpaired) electrons. The number of nitriles is 1. The average molecular weight is 245 g/mol. The standard InChI is InChI=1S/C8H16O2.C7H3N/c1-3-4-8-5-9-6-10-7(8)2;8-4-6-3-5-1-2-7(5)6/h7-8H,3-6H2,1-2H3;1-3H. The van der Waals surface area contributed by atoms with E-state index in [2.05, 4.69) is 19.9 Å². The molecule has 3 aliphatic rings. The summed E-state index contributed by atoms with van der Waals surface area (Å²) in [6, 6.07) is 7.96. The Morgan fingerprint density at radius 1 is 1.44 bits per heavy atom. The van der Waals surface area contributed by atoms with Gasteiger partial charge in [-0.05, 0) is 29.8 Å². The van der Waals surface area contributed by atoms with Gasteiger partial charge in [-0.3, -0.25) is 0 Å². The minimum absolute atomic E-state index is 0.397. The molecule has 2 aliphatic carbocycles. The van der Waals surface area contributed by atoms with Crippen molar-refractivity contribution in [2.24, 2.45) is 5.92 Å². The van der Waals surface area contributed by atoms with Crippen LogP contribution in [0, 0.1) is 27.7 Å². The zero-order valence-corrected chi connectivity index (χ0v) is 11.0. The average Bonchev–Trinajstić information content (AvgIpc) is 2.36. The summed E-state index contributed by atoms with van der Waals surface area (Å²) >= 11 is 0. The Kier molecular flexibility index (Phi) is 4.35. The van der Waals surface area contributed by atoms with Gasteiger partial charge in [0.1, 0.15) is 6.79 Å². The SMILES string of the molecule is CCCC1COCOC1C.N#Cc1cc2ccc1=2. The first-order valence-electron chi connectivity index (χ1n) is 6.50. The van der Waals surface area contributed by atoms with Gasteiger partial charge in [0.25, 0.3) is 0 Å². The summed E-state index contributed by atoms with van der Waals surface area (Å²) in [7, 11) is 0. The van der Waals surface area contributed by atoms with Crippen LogP contribution in [0.2, 0.25) is 0 Å². The first-order chi connectivity index (χ1) is 8.76. The van der Waals surface area contributed by atoms with E-state index in [4.69, 9.17) is 14.7 Å². The van der Waals surface area contributed by atoms with E-state index in [0.717, 1.165) is 17.4 Å². The molecule has 1 heterocycles. The first kappa shape index (κ1) is 13.1. The highest BCUT2D eigenvalue weighted by atomic mass is 16.7. The van der Waals surface area contributed by atoms with Crippen molar-refractivity contribution in [2.75, 3.05) is 13.4 Å². The lowest BCUT2D eigenvalue weighted by Crippen LogP contribution is -2.31. The van der Waals surface area contributed by atoms with Crippen molar-refractivity contribution in [3.8, 4) is 6.07 Å². The molecule has 0 aromatic heterocycles. The molecule has 1 aliphatic heterocycles. The highest BCUT2D eigenvalue weighted by molar-refractivity contribution is 5.41. The third kappa shape index (κ3) is 2.72. The molecule has 0 aromatic carbocycles. The number of ether oxygens (including phenoxy) is 2. The summed E-state index contributed by atoms with van der Waals surface area (Å²) in [6.07, 6.45) is 2.84. The maximum absolute atomic E-state index is 8.32. The zero-order chi connectivity index (χ0) is 13.0. The van der Waals surface area contributed by atoms with Gasteiger partial charge in [-0.25, -0.2) is 0 Å². The van der Waals surface area contributed by atoms with Crippen molar-refractivity contribution < 1.29 is 9.47 Å². The minimum atomic E-state index is 0.397. The van der Waals surface area contributed by atoms with E-state index in [9.17, 15) is 0 Å². The van der Waals surface area contributed by atoms with Gasteiger partial charge in [0.2, 0.25) is 0 Å². The molecular weight excluding hydrogens is 226 g/mol. The molecule has 18 heavy (non-hydrogen) atoms. The van der Waals surface area contributed by atoms with Crippen LogP contribution in [0.15, 0.2) is 18.2 Å². The van der Waals surface area contributed by atoms with Gasteiger partial charge in [0.15, 0.2) is 0 Å². The molecule has 0 aromatic rings. The Hall–Kier alpha value is -1.37. The summed E-state index contributed by atoms with van der Waals surface area (Å²) < 4.78 is 10.5. The third-order valence-corrected chi connectivity index (χ3v) is 3.52. The zero-order valence-electron chi connectivity index (χ0n) is 11.0. The van der Waals surface area contributed by atoms with Crippen LogP contribution in [0.25, 0.3) is 0 Å². The van der Waals surface area contributed by atoms with Crippen LogP contribution >= 0.6 is 0 Å². The molecule has 3 heteroatoms. The molecule has 0 saturated carbocycles. The molecule has 2 atom stereocenters. The number of hydrogen-bond donors (Lipinski definition) is 0. The maximum Gasteiger partial charge on any atom is 0.147 e. The Balaban J connectivity index is 0.000000136. The topological polar surface area (TPSA) is 42.2 Å². The van der Waals surface area contributed by atoms with Gasteiger partial charge < -0.3 is 9.47 Å². The fraction of sp³-hybridized carbons (Fsp3) is 0.533. The van der Waals surface area contributed by atoms with Crippen LogP contribution in [-0.4, -0.2) is 19.5 Å². The van der Waals surface area contributed by atoms with E-state index in [1.54, 1.807) is 0 Å². The number of nitrogens with zero attached hydrogens (tertiary/aromatic N) is 1. The fourth-order valence-corrected chi connectivity index (χ4v) is 2.20. The van der Waals surface area contributed by atoms with Crippen molar-refractivity contribution in [1.29, 1.82) is 5.26 Å². The maximum atomic E-state index is 8.32. The second kappa shape index (κ2) is 5.99. The van der Waals surface area contributed by atoms with Crippen molar-refractivity contribution in [3.63, 3.8) is 0 Å².